The van der Waals surface area contributed by atoms with Crippen molar-refractivity contribution in [1.29, 1.82) is 0 Å². The Bertz CT molecular complexity index is 660. The molecule has 2 rings (SSSR count). The Labute approximate surface area is 170 Å². The number of hydrogen-bond acceptors (Lipinski definition) is 3. The number of alkyl halides is 6. The summed E-state index contributed by atoms with van der Waals surface area (Å²) in [5, 5.41) is 0. The highest BCUT2D eigenvalue weighted by Gasteiger charge is 2.33. The van der Waals surface area contributed by atoms with Crippen molar-refractivity contribution in [2.75, 3.05) is 0 Å². The zero-order valence-electron chi connectivity index (χ0n) is 12.5. The molecule has 0 radical (unpaired) electrons. The molecular formula is C15H13Cl6N3. The maximum atomic E-state index is 5.87. The van der Waals surface area contributed by atoms with Crippen molar-refractivity contribution < 1.29 is 0 Å². The first kappa shape index (κ1) is 20.3. The Morgan fingerprint density at radius 1 is 0.792 bits per heavy atom. The van der Waals surface area contributed by atoms with Gasteiger partial charge in [0.05, 0.1) is 0 Å². The fourth-order valence-electron chi connectivity index (χ4n) is 1.96. The van der Waals surface area contributed by atoms with Gasteiger partial charge in [0.2, 0.25) is 7.59 Å². The highest BCUT2D eigenvalue weighted by atomic mass is 35.6. The van der Waals surface area contributed by atoms with Crippen LogP contribution in [0.5, 0.6) is 0 Å². The lowest BCUT2D eigenvalue weighted by Crippen LogP contribution is -2.16. The SMILES string of the molecule is CCCCc1ccc(-c2nc(C(Cl)(Cl)Cl)nc(C(Cl)(Cl)Cl)n2)cc1. The van der Waals surface area contributed by atoms with E-state index in [4.69, 9.17) is 69.6 Å². The minimum atomic E-state index is -1.86. The number of halogens is 6. The Morgan fingerprint density at radius 2 is 1.29 bits per heavy atom. The monoisotopic (exact) mass is 445 g/mol. The van der Waals surface area contributed by atoms with E-state index in [1.165, 1.54) is 5.56 Å². The van der Waals surface area contributed by atoms with Gasteiger partial charge in [-0.1, -0.05) is 107 Å². The molecule has 0 aliphatic heterocycles. The Balaban J connectivity index is 2.45. The van der Waals surface area contributed by atoms with Gasteiger partial charge in [0.25, 0.3) is 0 Å². The van der Waals surface area contributed by atoms with Crippen LogP contribution in [-0.4, -0.2) is 15.0 Å². The van der Waals surface area contributed by atoms with Gasteiger partial charge in [-0.3, -0.25) is 0 Å². The van der Waals surface area contributed by atoms with Gasteiger partial charge in [-0.15, -0.1) is 0 Å². The molecule has 0 amide bonds. The summed E-state index contributed by atoms with van der Waals surface area (Å²) in [6, 6.07) is 7.76. The van der Waals surface area contributed by atoms with E-state index in [0.717, 1.165) is 19.3 Å². The third kappa shape index (κ3) is 5.48. The van der Waals surface area contributed by atoms with Crippen LogP contribution in [0.2, 0.25) is 0 Å². The molecule has 2 aromatic rings. The van der Waals surface area contributed by atoms with E-state index in [-0.39, 0.29) is 17.5 Å². The Kier molecular flexibility index (Phi) is 6.86. The van der Waals surface area contributed by atoms with Crippen LogP contribution in [0.25, 0.3) is 11.4 Å². The summed E-state index contributed by atoms with van der Waals surface area (Å²) >= 11 is 35.2. The second-order valence-electron chi connectivity index (χ2n) is 5.10. The molecular weight excluding hydrogens is 435 g/mol. The lowest BCUT2D eigenvalue weighted by molar-refractivity contribution is 0.795. The molecule has 130 valence electrons. The van der Waals surface area contributed by atoms with Crippen LogP contribution in [0, 0.1) is 0 Å². The summed E-state index contributed by atoms with van der Waals surface area (Å²) < 4.78 is -3.72. The zero-order valence-corrected chi connectivity index (χ0v) is 17.1. The van der Waals surface area contributed by atoms with Gasteiger partial charge < -0.3 is 0 Å². The second kappa shape index (κ2) is 8.11. The fraction of sp³-hybridized carbons (Fsp3) is 0.400. The Morgan fingerprint density at radius 3 is 1.71 bits per heavy atom. The maximum Gasteiger partial charge on any atom is 0.250 e. The molecule has 0 aliphatic rings. The number of aromatic nitrogens is 3. The van der Waals surface area contributed by atoms with Crippen LogP contribution < -0.4 is 0 Å². The van der Waals surface area contributed by atoms with Gasteiger partial charge in [0, 0.05) is 5.56 Å². The first-order chi connectivity index (χ1) is 11.1. The molecule has 0 spiro atoms. The van der Waals surface area contributed by atoms with Gasteiger partial charge >= 0.3 is 0 Å². The summed E-state index contributed by atoms with van der Waals surface area (Å²) in [6.45, 7) is 2.15. The molecule has 0 fully saturated rings. The molecule has 9 heteroatoms. The Hall–Kier alpha value is -0.0300. The average molecular weight is 448 g/mol. The molecule has 0 aliphatic carbocycles. The minimum absolute atomic E-state index is 0.103. The third-order valence-electron chi connectivity index (χ3n) is 3.17. The van der Waals surface area contributed by atoms with Crippen LogP contribution in [-0.2, 0) is 14.0 Å². The van der Waals surface area contributed by atoms with Crippen LogP contribution >= 0.6 is 69.6 Å². The number of nitrogens with zero attached hydrogens (tertiary/aromatic N) is 3. The normalized spacial score (nSPS) is 12.5. The van der Waals surface area contributed by atoms with Crippen LogP contribution in [0.4, 0.5) is 0 Å². The van der Waals surface area contributed by atoms with Crippen molar-refractivity contribution in [3.05, 3.63) is 41.5 Å². The van der Waals surface area contributed by atoms with Gasteiger partial charge in [-0.05, 0) is 18.4 Å². The second-order valence-corrected chi connectivity index (χ2v) is 9.66. The molecule has 1 heterocycles. The van der Waals surface area contributed by atoms with Gasteiger partial charge in [0.15, 0.2) is 17.5 Å². The molecule has 1 aromatic carbocycles. The lowest BCUT2D eigenvalue weighted by Gasteiger charge is -2.15. The summed E-state index contributed by atoms with van der Waals surface area (Å²) in [7, 11) is 0. The number of unbranched alkanes of at least 4 members (excludes halogenated alkanes) is 1. The fourth-order valence-corrected chi connectivity index (χ4v) is 2.47. The standard InChI is InChI=1S/C15H13Cl6N3/c1-2-3-4-9-5-7-10(8-6-9)11-22-12(14(16,17)18)24-13(23-11)15(19,20)21/h5-8H,2-4H2,1H3. The number of rotatable bonds is 4. The average Bonchev–Trinajstić information content (AvgIpc) is 2.51. The largest absolute Gasteiger partial charge is 0.250 e. The molecule has 24 heavy (non-hydrogen) atoms. The topological polar surface area (TPSA) is 38.7 Å². The predicted molar refractivity (Wildman–Crippen MR) is 102 cm³/mol. The highest BCUT2D eigenvalue weighted by Crippen LogP contribution is 2.40. The quantitative estimate of drug-likeness (QED) is 0.500. The van der Waals surface area contributed by atoms with Gasteiger partial charge in [-0.25, -0.2) is 15.0 Å². The zero-order chi connectivity index (χ0) is 18.0. The first-order valence-corrected chi connectivity index (χ1v) is 9.38. The lowest BCUT2D eigenvalue weighted by atomic mass is 10.1. The van der Waals surface area contributed by atoms with Gasteiger partial charge in [-0.2, -0.15) is 0 Å². The highest BCUT2D eigenvalue weighted by molar-refractivity contribution is 6.67. The van der Waals surface area contributed by atoms with Crippen LogP contribution in [0.3, 0.4) is 0 Å². The van der Waals surface area contributed by atoms with E-state index in [1.54, 1.807) is 0 Å². The third-order valence-corrected chi connectivity index (χ3v) is 4.19. The molecule has 0 bridgehead atoms. The van der Waals surface area contributed by atoms with Crippen molar-refractivity contribution in [2.45, 2.75) is 33.8 Å². The predicted octanol–water partition coefficient (Wildman–Crippen LogP) is 6.53. The van der Waals surface area contributed by atoms with E-state index in [2.05, 4.69) is 21.9 Å². The molecule has 0 atom stereocenters. The smallest absolute Gasteiger partial charge is 0.209 e. The molecule has 0 saturated heterocycles. The number of benzene rings is 1. The van der Waals surface area contributed by atoms with E-state index in [0.29, 0.717) is 5.56 Å². The first-order valence-electron chi connectivity index (χ1n) is 7.11. The maximum absolute atomic E-state index is 5.87. The number of aryl methyl sites for hydroxylation is 1. The molecule has 0 N–H and O–H groups in total. The van der Waals surface area contributed by atoms with Crippen molar-refractivity contribution in [3.63, 3.8) is 0 Å². The van der Waals surface area contributed by atoms with Crippen LogP contribution in [0.15, 0.2) is 24.3 Å². The molecule has 1 aromatic heterocycles. The van der Waals surface area contributed by atoms with E-state index >= 15 is 0 Å². The van der Waals surface area contributed by atoms with Crippen LogP contribution in [0.1, 0.15) is 37.0 Å². The molecule has 3 nitrogen and oxygen atoms in total. The minimum Gasteiger partial charge on any atom is -0.209 e. The van der Waals surface area contributed by atoms with E-state index in [1.807, 2.05) is 24.3 Å². The van der Waals surface area contributed by atoms with Crippen molar-refractivity contribution in [2.24, 2.45) is 0 Å². The van der Waals surface area contributed by atoms with Crippen molar-refractivity contribution in [1.82, 2.24) is 15.0 Å². The number of hydrogen-bond donors (Lipinski definition) is 0. The molecule has 0 saturated carbocycles. The van der Waals surface area contributed by atoms with E-state index < -0.39 is 7.59 Å². The summed E-state index contributed by atoms with van der Waals surface area (Å²) in [4.78, 5) is 12.3. The summed E-state index contributed by atoms with van der Waals surface area (Å²) in [6.07, 6.45) is 3.27. The van der Waals surface area contributed by atoms with E-state index in [9.17, 15) is 0 Å². The van der Waals surface area contributed by atoms with Crippen molar-refractivity contribution >= 4 is 69.6 Å². The summed E-state index contributed by atoms with van der Waals surface area (Å²) in [5.74, 6) is 0.0671. The van der Waals surface area contributed by atoms with Gasteiger partial charge in [0.1, 0.15) is 0 Å². The molecule has 0 unspecified atom stereocenters. The summed E-state index contributed by atoms with van der Waals surface area (Å²) in [5.41, 5.74) is 1.93. The van der Waals surface area contributed by atoms with Crippen molar-refractivity contribution in [3.8, 4) is 11.4 Å².